The third-order valence-electron chi connectivity index (χ3n) is 22.3. The molecule has 8 aliphatic heterocycles. The lowest BCUT2D eigenvalue weighted by Crippen LogP contribution is -2.45. The average Bonchev–Trinajstić information content (AvgIpc) is 1.64. The molecule has 0 aliphatic carbocycles. The lowest BCUT2D eigenvalue weighted by atomic mass is 9.90. The number of hydrogen-bond donors (Lipinski definition) is 4. The van der Waals surface area contributed by atoms with Crippen molar-refractivity contribution in [2.75, 3.05) is 26.2 Å². The van der Waals surface area contributed by atoms with Crippen LogP contribution in [0.3, 0.4) is 0 Å². The quantitative estimate of drug-likeness (QED) is 0.0811. The third-order valence-corrected chi connectivity index (χ3v) is 23.2. The van der Waals surface area contributed by atoms with Gasteiger partial charge in [0.1, 0.15) is 0 Å². The predicted molar refractivity (Wildman–Crippen MR) is 394 cm³/mol. The van der Waals surface area contributed by atoms with Crippen molar-refractivity contribution in [2.45, 2.75) is 151 Å². The molecule has 0 aromatic carbocycles. The second-order valence-corrected chi connectivity index (χ2v) is 30.9. The van der Waals surface area contributed by atoms with E-state index in [2.05, 4.69) is 80.4 Å². The number of nitrogens with zero attached hydrogens (tertiary/aromatic N) is 16. The normalized spacial score (nSPS) is 21.9. The van der Waals surface area contributed by atoms with Gasteiger partial charge in [-0.1, -0.05) is 67.0 Å². The molecule has 4 amide bonds. The van der Waals surface area contributed by atoms with Gasteiger partial charge in [-0.15, -0.1) is 0 Å². The van der Waals surface area contributed by atoms with Gasteiger partial charge in [0.15, 0.2) is 0 Å². The molecule has 28 nitrogen and oxygen atoms in total. The maximum absolute atomic E-state index is 13.6. The summed E-state index contributed by atoms with van der Waals surface area (Å²) in [5.74, 6) is 0.359. The van der Waals surface area contributed by atoms with Crippen molar-refractivity contribution in [1.82, 2.24) is 100 Å². The van der Waals surface area contributed by atoms with Crippen LogP contribution in [0, 0.1) is 23.8 Å². The zero-order chi connectivity index (χ0) is 77.0. The summed E-state index contributed by atoms with van der Waals surface area (Å²) in [6.07, 6.45) is 25.5. The summed E-state index contributed by atoms with van der Waals surface area (Å²) in [5.41, 5.74) is 7.56. The molecule has 112 heavy (non-hydrogen) atoms. The Bertz CT molecular complexity index is 4860. The fraction of sp³-hybridized carbons (Fsp3) is 0.368. The fourth-order valence-corrected chi connectivity index (χ4v) is 17.1. The van der Waals surface area contributed by atoms with Crippen LogP contribution in [0.2, 0.25) is 20.1 Å². The Hall–Kier alpha value is -11.0. The maximum Gasteiger partial charge on any atom is 0.254 e. The Kier molecular flexibility index (Phi) is 20.6. The predicted octanol–water partition coefficient (Wildman–Crippen LogP) is 14.3. The number of carbonyl (C=O) groups is 4. The van der Waals surface area contributed by atoms with Gasteiger partial charge in [0.2, 0.25) is 70.7 Å². The number of amides is 4. The Morgan fingerprint density at radius 2 is 0.545 bits per heavy atom. The summed E-state index contributed by atoms with van der Waals surface area (Å²) in [6, 6.07) is 12.4. The molecule has 0 spiro atoms. The summed E-state index contributed by atoms with van der Waals surface area (Å²) in [5, 5.41) is 18.4. The number of aromatic nitrogens is 16. The van der Waals surface area contributed by atoms with E-state index in [0.29, 0.717) is 138 Å². The first-order valence-corrected chi connectivity index (χ1v) is 38.4. The number of piperidine rings is 4. The van der Waals surface area contributed by atoms with Gasteiger partial charge in [-0.25, -0.2) is 19.9 Å². The average molecular weight is 1610 g/mol. The minimum absolute atomic E-state index is 0.0554. The number of aryl methyl sites for hydroxylation is 4. The molecule has 8 aliphatic rings. The summed E-state index contributed by atoms with van der Waals surface area (Å²) in [4.78, 5) is 104. The summed E-state index contributed by atoms with van der Waals surface area (Å²) >= 11 is 23.7. The van der Waals surface area contributed by atoms with Crippen LogP contribution in [0.5, 0.6) is 0 Å². The molecule has 0 bridgehead atoms. The van der Waals surface area contributed by atoms with Crippen molar-refractivity contribution in [2.24, 2.45) is 0 Å². The number of hydrogen-bond acceptors (Lipinski definition) is 20. The van der Waals surface area contributed by atoms with Crippen molar-refractivity contribution in [3.63, 3.8) is 0 Å². The highest BCUT2D eigenvalue weighted by Gasteiger charge is 2.43. The Balaban J connectivity index is 0.000000108. The minimum atomic E-state index is -0.634. The van der Waals surface area contributed by atoms with Crippen LogP contribution >= 0.6 is 46.4 Å². The number of H-pyrrole nitrogens is 4. The maximum atomic E-state index is 13.6. The number of nitrogens with one attached hydrogen (secondary N) is 4. The molecular formula is C76H68Cl4F4N20O8. The summed E-state index contributed by atoms with van der Waals surface area (Å²) in [7, 11) is 0. The standard InChI is InChI=1S/4C19H17ClFN5O2/c4*20-12-5-15(22-8-12)17-24-18(28-25-17)11-2-4-13-3-1-10-7-23-16(21)6-14(10)19(27)26(13)9-11/h4*5-8,11,13,22H,1-4,9H2/t4*11-,13+/m1100/s1. The van der Waals surface area contributed by atoms with Gasteiger partial charge in [0, 0.05) is 146 Å². The van der Waals surface area contributed by atoms with Crippen LogP contribution < -0.4 is 0 Å². The van der Waals surface area contributed by atoms with E-state index >= 15 is 0 Å². The topological polar surface area (TPSA) is 352 Å². The summed E-state index contributed by atoms with van der Waals surface area (Å²) in [6.45, 7) is 1.89. The molecule has 0 unspecified atom stereocenters. The third kappa shape index (κ3) is 15.3. The number of rotatable bonds is 8. The first-order chi connectivity index (χ1) is 54.3. The van der Waals surface area contributed by atoms with Crippen molar-refractivity contribution >= 4 is 70.0 Å². The number of halogens is 8. The molecule has 4 N–H and O–H groups in total. The zero-order valence-corrected chi connectivity index (χ0v) is 62.5. The molecule has 0 radical (unpaired) electrons. The SMILES string of the molecule is O=C1c2cc(F)ncc2CC[C@@H]2CC[C@H](c3nc(-c4cc(Cl)c[nH]4)no3)CN12.O=C1c2cc(F)ncc2CC[C@@H]2CC[C@H](c3nc(-c4cc(Cl)c[nH]4)no3)CN12.O=C1c2cc(F)ncc2CC[C@H]2CC[C@@H](c3nc(-c4cc(Cl)c[nH]4)no3)CN12.O=C1c2cc(F)ncc2CC[C@H]2CC[C@@H](c3nc(-c4cc(Cl)c[nH]4)no3)CN12. The van der Waals surface area contributed by atoms with Gasteiger partial charge in [-0.3, -0.25) is 19.2 Å². The van der Waals surface area contributed by atoms with Crippen LogP contribution in [0.25, 0.3) is 46.1 Å². The van der Waals surface area contributed by atoms with E-state index in [4.69, 9.17) is 64.5 Å². The second-order valence-electron chi connectivity index (χ2n) is 29.1. The lowest BCUT2D eigenvalue weighted by Gasteiger charge is -2.37. The van der Waals surface area contributed by atoms with Gasteiger partial charge in [-0.2, -0.15) is 37.5 Å². The van der Waals surface area contributed by atoms with Gasteiger partial charge in [0.25, 0.3) is 23.6 Å². The molecule has 20 rings (SSSR count). The monoisotopic (exact) mass is 1600 g/mol. The highest BCUT2D eigenvalue weighted by Crippen LogP contribution is 2.41. The molecule has 20 heterocycles. The van der Waals surface area contributed by atoms with E-state index in [0.717, 1.165) is 125 Å². The first-order valence-electron chi connectivity index (χ1n) is 36.9. The largest absolute Gasteiger partial charge is 0.357 e. The fourth-order valence-electron chi connectivity index (χ4n) is 16.5. The van der Waals surface area contributed by atoms with Crippen molar-refractivity contribution in [1.29, 1.82) is 0 Å². The Labute approximate surface area is 654 Å². The van der Waals surface area contributed by atoms with Gasteiger partial charge in [-0.05, 0) is 149 Å². The van der Waals surface area contributed by atoms with Gasteiger partial charge >= 0.3 is 0 Å². The van der Waals surface area contributed by atoms with Crippen LogP contribution in [-0.4, -0.2) is 174 Å². The molecular weight excluding hydrogens is 1540 g/mol. The van der Waals surface area contributed by atoms with Gasteiger partial charge in [0.05, 0.1) is 66.5 Å². The van der Waals surface area contributed by atoms with E-state index < -0.39 is 23.8 Å². The highest BCUT2D eigenvalue weighted by atomic mass is 35.5. The van der Waals surface area contributed by atoms with Gasteiger partial charge < -0.3 is 57.6 Å². The Morgan fingerprint density at radius 3 is 0.750 bits per heavy atom. The van der Waals surface area contributed by atoms with E-state index in [1.165, 1.54) is 49.1 Å². The minimum Gasteiger partial charge on any atom is -0.357 e. The van der Waals surface area contributed by atoms with Crippen molar-refractivity contribution in [3.8, 4) is 46.1 Å². The van der Waals surface area contributed by atoms with E-state index in [1.54, 1.807) is 49.1 Å². The smallest absolute Gasteiger partial charge is 0.254 e. The molecule has 576 valence electrons. The number of pyridine rings is 4. The van der Waals surface area contributed by atoms with Crippen molar-refractivity contribution in [3.05, 3.63) is 210 Å². The first kappa shape index (κ1) is 73.8. The van der Waals surface area contributed by atoms with Crippen molar-refractivity contribution < 1.29 is 54.8 Å². The van der Waals surface area contributed by atoms with E-state index in [-0.39, 0.29) is 71.5 Å². The van der Waals surface area contributed by atoms with Crippen LogP contribution in [0.1, 0.15) is 188 Å². The van der Waals surface area contributed by atoms with Crippen LogP contribution in [0.15, 0.2) is 116 Å². The molecule has 4 saturated heterocycles. The number of fused-ring (bicyclic) bond motifs is 8. The zero-order valence-electron chi connectivity index (χ0n) is 59.4. The molecule has 8 atom stereocenters. The van der Waals surface area contributed by atoms with E-state index in [9.17, 15) is 36.7 Å². The number of aromatic amines is 4. The van der Waals surface area contributed by atoms with Crippen LogP contribution in [0.4, 0.5) is 17.6 Å². The molecule has 0 saturated carbocycles. The lowest BCUT2D eigenvalue weighted by molar-refractivity contribution is 0.0562. The second kappa shape index (κ2) is 31.3. The summed E-state index contributed by atoms with van der Waals surface area (Å²) < 4.78 is 76.3. The van der Waals surface area contributed by atoms with Crippen LogP contribution in [-0.2, 0) is 25.7 Å². The molecule has 4 fully saturated rings. The highest BCUT2D eigenvalue weighted by molar-refractivity contribution is 6.31. The molecule has 36 heteroatoms. The molecule has 12 aromatic heterocycles. The number of carbonyl (C=O) groups excluding carboxylic acids is 4. The Morgan fingerprint density at radius 1 is 0.321 bits per heavy atom. The van der Waals surface area contributed by atoms with E-state index in [1.807, 2.05) is 19.6 Å². The molecule has 12 aromatic rings.